The molecule has 1 aliphatic rings. The number of hydrogen-bond donors (Lipinski definition) is 1. The summed E-state index contributed by atoms with van der Waals surface area (Å²) in [5.41, 5.74) is 0. The largest absolute Gasteiger partial charge is 0.490 e. The van der Waals surface area contributed by atoms with E-state index in [1.165, 1.54) is 0 Å². The predicted octanol–water partition coefficient (Wildman–Crippen LogP) is -0.0966. The van der Waals surface area contributed by atoms with Crippen LogP contribution in [0.25, 0.3) is 0 Å². The first-order valence-electron chi connectivity index (χ1n) is 5.26. The minimum atomic E-state index is 0.478. The predicted molar refractivity (Wildman–Crippen MR) is 60.2 cm³/mol. The van der Waals surface area contributed by atoms with Gasteiger partial charge in [-0.2, -0.15) is 4.98 Å². The Hall–Kier alpha value is -1.56. The third kappa shape index (κ3) is 2.16. The first kappa shape index (κ1) is 10.9. The summed E-state index contributed by atoms with van der Waals surface area (Å²) in [5, 5.41) is 3.28. The summed E-state index contributed by atoms with van der Waals surface area (Å²) in [6, 6.07) is 0. The molecule has 1 aliphatic heterocycles. The van der Waals surface area contributed by atoms with Crippen molar-refractivity contribution >= 4 is 5.95 Å². The van der Waals surface area contributed by atoms with Crippen LogP contribution < -0.4 is 19.7 Å². The lowest BCUT2D eigenvalue weighted by Gasteiger charge is -2.27. The topological polar surface area (TPSA) is 59.5 Å². The molecule has 16 heavy (non-hydrogen) atoms. The van der Waals surface area contributed by atoms with Crippen LogP contribution >= 0.6 is 0 Å². The Morgan fingerprint density at radius 3 is 2.62 bits per heavy atom. The quantitative estimate of drug-likeness (QED) is 0.774. The maximum absolute atomic E-state index is 5.15. The van der Waals surface area contributed by atoms with E-state index in [-0.39, 0.29) is 0 Å². The van der Waals surface area contributed by atoms with E-state index >= 15 is 0 Å². The summed E-state index contributed by atoms with van der Waals surface area (Å²) in [6.45, 7) is 3.74. The Bertz CT molecular complexity index is 353. The Kier molecular flexibility index (Phi) is 3.40. The highest BCUT2D eigenvalue weighted by Gasteiger charge is 2.15. The molecule has 0 spiro atoms. The molecular weight excluding hydrogens is 208 g/mol. The van der Waals surface area contributed by atoms with Crippen LogP contribution in [0.2, 0.25) is 0 Å². The van der Waals surface area contributed by atoms with Gasteiger partial charge < -0.3 is 19.7 Å². The van der Waals surface area contributed by atoms with Crippen LogP contribution in [0.5, 0.6) is 11.6 Å². The first-order chi connectivity index (χ1) is 7.85. The van der Waals surface area contributed by atoms with Crippen LogP contribution in [0.4, 0.5) is 5.95 Å². The van der Waals surface area contributed by atoms with Gasteiger partial charge >= 0.3 is 0 Å². The highest BCUT2D eigenvalue weighted by atomic mass is 16.5. The SMILES string of the molecule is COc1cnc(N2CCNCC2)nc1OC. The number of aromatic nitrogens is 2. The molecule has 1 aromatic rings. The summed E-state index contributed by atoms with van der Waals surface area (Å²) >= 11 is 0. The fraction of sp³-hybridized carbons (Fsp3) is 0.600. The summed E-state index contributed by atoms with van der Waals surface area (Å²) in [5.74, 6) is 1.73. The van der Waals surface area contributed by atoms with E-state index in [0.29, 0.717) is 17.6 Å². The van der Waals surface area contributed by atoms with Crippen molar-refractivity contribution in [1.82, 2.24) is 15.3 Å². The van der Waals surface area contributed by atoms with Gasteiger partial charge in [0.2, 0.25) is 5.95 Å². The van der Waals surface area contributed by atoms with Gasteiger partial charge in [0, 0.05) is 26.2 Å². The van der Waals surface area contributed by atoms with Crippen molar-refractivity contribution in [3.63, 3.8) is 0 Å². The van der Waals surface area contributed by atoms with Gasteiger partial charge in [0.25, 0.3) is 5.88 Å². The van der Waals surface area contributed by atoms with Crippen molar-refractivity contribution in [3.8, 4) is 11.6 Å². The maximum Gasteiger partial charge on any atom is 0.261 e. The van der Waals surface area contributed by atoms with Gasteiger partial charge in [-0.25, -0.2) is 4.98 Å². The molecule has 2 heterocycles. The van der Waals surface area contributed by atoms with Crippen molar-refractivity contribution < 1.29 is 9.47 Å². The molecular formula is C10H16N4O2. The third-order valence-electron chi connectivity index (χ3n) is 2.52. The monoisotopic (exact) mass is 224 g/mol. The molecule has 0 aliphatic carbocycles. The molecule has 0 amide bonds. The lowest BCUT2D eigenvalue weighted by atomic mass is 10.4. The summed E-state index contributed by atoms with van der Waals surface area (Å²) in [7, 11) is 3.15. The van der Waals surface area contributed by atoms with E-state index in [0.717, 1.165) is 26.2 Å². The van der Waals surface area contributed by atoms with Crippen molar-refractivity contribution in [2.24, 2.45) is 0 Å². The third-order valence-corrected chi connectivity index (χ3v) is 2.52. The van der Waals surface area contributed by atoms with Crippen LogP contribution in [-0.2, 0) is 0 Å². The number of rotatable bonds is 3. The molecule has 0 atom stereocenters. The van der Waals surface area contributed by atoms with Crippen LogP contribution in [0.15, 0.2) is 6.20 Å². The Morgan fingerprint density at radius 1 is 1.25 bits per heavy atom. The number of piperazine rings is 1. The van der Waals surface area contributed by atoms with Crippen LogP contribution in [0.3, 0.4) is 0 Å². The lowest BCUT2D eigenvalue weighted by Crippen LogP contribution is -2.44. The second-order valence-electron chi connectivity index (χ2n) is 3.48. The Balaban J connectivity index is 2.20. The molecule has 1 aromatic heterocycles. The van der Waals surface area contributed by atoms with Crippen molar-refractivity contribution in [3.05, 3.63) is 6.20 Å². The molecule has 1 N–H and O–H groups in total. The highest BCUT2D eigenvalue weighted by molar-refractivity contribution is 5.40. The van der Waals surface area contributed by atoms with Crippen molar-refractivity contribution in [1.29, 1.82) is 0 Å². The number of methoxy groups -OCH3 is 2. The molecule has 6 heteroatoms. The Morgan fingerprint density at radius 2 is 2.00 bits per heavy atom. The second kappa shape index (κ2) is 4.98. The molecule has 6 nitrogen and oxygen atoms in total. The number of nitrogens with zero attached hydrogens (tertiary/aromatic N) is 3. The number of ether oxygens (including phenoxy) is 2. The maximum atomic E-state index is 5.15. The van der Waals surface area contributed by atoms with E-state index in [1.807, 2.05) is 0 Å². The zero-order chi connectivity index (χ0) is 11.4. The van der Waals surface area contributed by atoms with E-state index in [9.17, 15) is 0 Å². The summed E-state index contributed by atoms with van der Waals surface area (Å²) in [4.78, 5) is 10.7. The number of hydrogen-bond acceptors (Lipinski definition) is 6. The standard InChI is InChI=1S/C10H16N4O2/c1-15-8-7-12-10(13-9(8)16-2)14-5-3-11-4-6-14/h7,11H,3-6H2,1-2H3. The molecule has 1 saturated heterocycles. The molecule has 0 saturated carbocycles. The number of nitrogens with one attached hydrogen (secondary N) is 1. The van der Waals surface area contributed by atoms with E-state index in [2.05, 4.69) is 20.2 Å². The lowest BCUT2D eigenvalue weighted by molar-refractivity contribution is 0.340. The molecule has 0 unspecified atom stereocenters. The van der Waals surface area contributed by atoms with Gasteiger partial charge in [0.15, 0.2) is 5.75 Å². The first-order valence-corrected chi connectivity index (χ1v) is 5.26. The van der Waals surface area contributed by atoms with E-state index < -0.39 is 0 Å². The second-order valence-corrected chi connectivity index (χ2v) is 3.48. The minimum Gasteiger partial charge on any atom is -0.490 e. The Labute approximate surface area is 94.6 Å². The summed E-state index contributed by atoms with van der Waals surface area (Å²) < 4.78 is 10.2. The fourth-order valence-electron chi connectivity index (χ4n) is 1.65. The molecule has 88 valence electrons. The highest BCUT2D eigenvalue weighted by Crippen LogP contribution is 2.25. The smallest absolute Gasteiger partial charge is 0.261 e. The van der Waals surface area contributed by atoms with Crippen molar-refractivity contribution in [2.45, 2.75) is 0 Å². The van der Waals surface area contributed by atoms with Crippen LogP contribution in [0.1, 0.15) is 0 Å². The molecule has 0 aromatic carbocycles. The summed E-state index contributed by atoms with van der Waals surface area (Å²) in [6.07, 6.45) is 1.64. The van der Waals surface area contributed by atoms with Crippen LogP contribution in [0, 0.1) is 0 Å². The molecule has 1 fully saturated rings. The normalized spacial score (nSPS) is 16.0. The van der Waals surface area contributed by atoms with Gasteiger partial charge in [-0.3, -0.25) is 0 Å². The van der Waals surface area contributed by atoms with Crippen LogP contribution in [-0.4, -0.2) is 50.4 Å². The zero-order valence-electron chi connectivity index (χ0n) is 9.56. The average Bonchev–Trinajstić information content (AvgIpc) is 2.39. The average molecular weight is 224 g/mol. The van der Waals surface area contributed by atoms with Gasteiger partial charge in [0.1, 0.15) is 0 Å². The van der Waals surface area contributed by atoms with Gasteiger partial charge in [-0.15, -0.1) is 0 Å². The molecule has 0 radical (unpaired) electrons. The minimum absolute atomic E-state index is 0.478. The zero-order valence-corrected chi connectivity index (χ0v) is 9.56. The van der Waals surface area contributed by atoms with E-state index in [4.69, 9.17) is 9.47 Å². The molecule has 0 bridgehead atoms. The van der Waals surface area contributed by atoms with Gasteiger partial charge in [-0.1, -0.05) is 0 Å². The van der Waals surface area contributed by atoms with Crippen molar-refractivity contribution in [2.75, 3.05) is 45.3 Å². The number of anilines is 1. The fourth-order valence-corrected chi connectivity index (χ4v) is 1.65. The molecule has 2 rings (SSSR count). The van der Waals surface area contributed by atoms with Gasteiger partial charge in [-0.05, 0) is 0 Å². The van der Waals surface area contributed by atoms with E-state index in [1.54, 1.807) is 20.4 Å². The van der Waals surface area contributed by atoms with Gasteiger partial charge in [0.05, 0.1) is 20.4 Å².